The maximum atomic E-state index is 11.6. The summed E-state index contributed by atoms with van der Waals surface area (Å²) in [5.41, 5.74) is 1.27. The van der Waals surface area contributed by atoms with E-state index in [4.69, 9.17) is 0 Å². The molecule has 1 unspecified atom stereocenters. The molecule has 0 aliphatic rings. The third-order valence-electron chi connectivity index (χ3n) is 2.64. The highest BCUT2D eigenvalue weighted by molar-refractivity contribution is 7.07. The topological polar surface area (TPSA) is 32.3 Å². The van der Waals surface area contributed by atoms with Crippen LogP contribution in [0.5, 0.6) is 0 Å². The average molecular weight is 254 g/mol. The lowest BCUT2D eigenvalue weighted by Crippen LogP contribution is -2.34. The van der Waals surface area contributed by atoms with E-state index in [0.717, 1.165) is 0 Å². The summed E-state index contributed by atoms with van der Waals surface area (Å²) < 4.78 is 0. The molecule has 1 aromatic heterocycles. The minimum absolute atomic E-state index is 0.141. The fraction of sp³-hybridized carbons (Fsp3) is 0.615. The van der Waals surface area contributed by atoms with Gasteiger partial charge in [-0.3, -0.25) is 4.79 Å². The Balaban J connectivity index is 2.49. The van der Waals surface area contributed by atoms with Gasteiger partial charge >= 0.3 is 0 Å². The van der Waals surface area contributed by atoms with Crippen molar-refractivity contribution in [2.24, 2.45) is 5.92 Å². The fourth-order valence-corrected chi connectivity index (χ4v) is 2.42. The van der Waals surface area contributed by atoms with Crippen LogP contribution in [0.15, 0.2) is 16.8 Å². The summed E-state index contributed by atoms with van der Waals surface area (Å²) >= 11 is 1.69. The van der Waals surface area contributed by atoms with Crippen LogP contribution >= 0.6 is 11.3 Å². The van der Waals surface area contributed by atoms with E-state index in [-0.39, 0.29) is 11.9 Å². The SMILES string of the molecule is CC(C)CC(=O)NCC(c1ccsc1)N(C)C. The molecule has 1 atom stereocenters. The van der Waals surface area contributed by atoms with Crippen LogP contribution in [0.25, 0.3) is 0 Å². The van der Waals surface area contributed by atoms with Crippen LogP contribution in [0.3, 0.4) is 0 Å². The molecule has 0 saturated carbocycles. The van der Waals surface area contributed by atoms with Gasteiger partial charge in [0.05, 0.1) is 6.04 Å². The van der Waals surface area contributed by atoms with Gasteiger partial charge in [-0.25, -0.2) is 0 Å². The lowest BCUT2D eigenvalue weighted by atomic mass is 10.1. The highest BCUT2D eigenvalue weighted by Gasteiger charge is 2.15. The summed E-state index contributed by atoms with van der Waals surface area (Å²) in [6.07, 6.45) is 0.601. The van der Waals surface area contributed by atoms with Crippen LogP contribution < -0.4 is 5.32 Å². The molecule has 0 aromatic carbocycles. The predicted molar refractivity (Wildman–Crippen MR) is 73.2 cm³/mol. The standard InChI is InChI=1S/C13H22N2OS/c1-10(2)7-13(16)14-8-12(15(3)4)11-5-6-17-9-11/h5-6,9-10,12H,7-8H2,1-4H3,(H,14,16). The van der Waals surface area contributed by atoms with E-state index in [1.54, 1.807) is 11.3 Å². The zero-order valence-corrected chi connectivity index (χ0v) is 11.9. The summed E-state index contributed by atoms with van der Waals surface area (Å²) in [4.78, 5) is 13.8. The molecule has 0 aliphatic carbocycles. The number of rotatable bonds is 6. The number of hydrogen-bond donors (Lipinski definition) is 1. The van der Waals surface area contributed by atoms with Crippen molar-refractivity contribution in [1.82, 2.24) is 10.2 Å². The molecule has 1 aromatic rings. The number of thiophene rings is 1. The number of nitrogens with one attached hydrogen (secondary N) is 1. The Morgan fingerprint density at radius 1 is 1.47 bits per heavy atom. The van der Waals surface area contributed by atoms with E-state index < -0.39 is 0 Å². The van der Waals surface area contributed by atoms with Crippen LogP contribution in [-0.2, 0) is 4.79 Å². The molecule has 0 spiro atoms. The van der Waals surface area contributed by atoms with Crippen molar-refractivity contribution in [3.8, 4) is 0 Å². The third kappa shape index (κ3) is 4.88. The molecular weight excluding hydrogens is 232 g/mol. The zero-order chi connectivity index (χ0) is 12.8. The molecular formula is C13H22N2OS. The maximum absolute atomic E-state index is 11.6. The molecule has 3 nitrogen and oxygen atoms in total. The third-order valence-corrected chi connectivity index (χ3v) is 3.34. The summed E-state index contributed by atoms with van der Waals surface area (Å²) in [7, 11) is 4.08. The van der Waals surface area contributed by atoms with Gasteiger partial charge in [-0.15, -0.1) is 0 Å². The van der Waals surface area contributed by atoms with Crippen molar-refractivity contribution < 1.29 is 4.79 Å². The van der Waals surface area contributed by atoms with Gasteiger partial charge in [0, 0.05) is 13.0 Å². The van der Waals surface area contributed by atoms with E-state index in [1.807, 2.05) is 14.1 Å². The first-order valence-electron chi connectivity index (χ1n) is 5.96. The molecule has 0 aliphatic heterocycles. The second kappa shape index (κ2) is 6.77. The molecule has 1 N–H and O–H groups in total. The first kappa shape index (κ1) is 14.2. The van der Waals surface area contributed by atoms with Gasteiger partial charge in [-0.05, 0) is 42.4 Å². The van der Waals surface area contributed by atoms with E-state index in [9.17, 15) is 4.79 Å². The summed E-state index contributed by atoms with van der Waals surface area (Å²) in [6, 6.07) is 2.38. The molecule has 1 heterocycles. The number of nitrogens with zero attached hydrogens (tertiary/aromatic N) is 1. The average Bonchev–Trinajstić information content (AvgIpc) is 2.69. The van der Waals surface area contributed by atoms with E-state index in [2.05, 4.69) is 40.9 Å². The first-order chi connectivity index (χ1) is 8.00. The quantitative estimate of drug-likeness (QED) is 0.846. The van der Waals surface area contributed by atoms with Crippen LogP contribution in [0.4, 0.5) is 0 Å². The zero-order valence-electron chi connectivity index (χ0n) is 11.1. The van der Waals surface area contributed by atoms with Crippen LogP contribution in [0.2, 0.25) is 0 Å². The Bertz CT molecular complexity index is 333. The number of carbonyl (C=O) groups excluding carboxylic acids is 1. The van der Waals surface area contributed by atoms with Gasteiger partial charge in [0.15, 0.2) is 0 Å². The van der Waals surface area contributed by atoms with Gasteiger partial charge < -0.3 is 10.2 Å². The van der Waals surface area contributed by atoms with E-state index >= 15 is 0 Å². The number of hydrogen-bond acceptors (Lipinski definition) is 3. The largest absolute Gasteiger partial charge is 0.354 e. The van der Waals surface area contributed by atoms with Crippen LogP contribution in [0.1, 0.15) is 31.9 Å². The lowest BCUT2D eigenvalue weighted by Gasteiger charge is -2.24. The molecule has 0 bridgehead atoms. The van der Waals surface area contributed by atoms with Crippen molar-refractivity contribution in [3.05, 3.63) is 22.4 Å². The Hall–Kier alpha value is -0.870. The number of carbonyl (C=O) groups is 1. The van der Waals surface area contributed by atoms with Crippen molar-refractivity contribution >= 4 is 17.2 Å². The Morgan fingerprint density at radius 3 is 2.65 bits per heavy atom. The molecule has 1 amide bonds. The maximum Gasteiger partial charge on any atom is 0.220 e. The molecule has 1 rings (SSSR count). The highest BCUT2D eigenvalue weighted by Crippen LogP contribution is 2.19. The van der Waals surface area contributed by atoms with E-state index in [0.29, 0.717) is 18.9 Å². The minimum Gasteiger partial charge on any atom is -0.354 e. The smallest absolute Gasteiger partial charge is 0.220 e. The summed E-state index contributed by atoms with van der Waals surface area (Å²) in [5, 5.41) is 7.22. The summed E-state index contributed by atoms with van der Waals surface area (Å²) in [6.45, 7) is 4.79. The first-order valence-corrected chi connectivity index (χ1v) is 6.90. The molecule has 0 saturated heterocycles. The van der Waals surface area contributed by atoms with Gasteiger partial charge in [0.2, 0.25) is 5.91 Å². The molecule has 17 heavy (non-hydrogen) atoms. The number of likely N-dealkylation sites (N-methyl/N-ethyl adjacent to an activating group) is 1. The highest BCUT2D eigenvalue weighted by atomic mass is 32.1. The van der Waals surface area contributed by atoms with Gasteiger partial charge in [0.25, 0.3) is 0 Å². The molecule has 0 radical (unpaired) electrons. The lowest BCUT2D eigenvalue weighted by molar-refractivity contribution is -0.122. The van der Waals surface area contributed by atoms with Crippen molar-refractivity contribution in [2.75, 3.05) is 20.6 Å². The molecule has 0 fully saturated rings. The van der Waals surface area contributed by atoms with Crippen LogP contribution in [-0.4, -0.2) is 31.4 Å². The fourth-order valence-electron chi connectivity index (χ4n) is 1.72. The Kier molecular flexibility index (Phi) is 5.65. The Labute approximate surface area is 108 Å². The van der Waals surface area contributed by atoms with Crippen molar-refractivity contribution in [2.45, 2.75) is 26.3 Å². The van der Waals surface area contributed by atoms with Gasteiger partial charge in [-0.1, -0.05) is 13.8 Å². The summed E-state index contributed by atoms with van der Waals surface area (Å²) in [5.74, 6) is 0.552. The van der Waals surface area contributed by atoms with Gasteiger partial charge in [-0.2, -0.15) is 11.3 Å². The minimum atomic E-state index is 0.141. The normalized spacial score (nSPS) is 13.1. The Morgan fingerprint density at radius 2 is 2.18 bits per heavy atom. The molecule has 4 heteroatoms. The second-order valence-electron chi connectivity index (χ2n) is 4.94. The molecule has 96 valence electrons. The van der Waals surface area contributed by atoms with Gasteiger partial charge in [0.1, 0.15) is 0 Å². The van der Waals surface area contributed by atoms with Crippen molar-refractivity contribution in [3.63, 3.8) is 0 Å². The predicted octanol–water partition coefficient (Wildman–Crippen LogP) is 2.51. The van der Waals surface area contributed by atoms with Crippen LogP contribution in [0, 0.1) is 5.92 Å². The second-order valence-corrected chi connectivity index (χ2v) is 5.72. The number of amides is 1. The van der Waals surface area contributed by atoms with Crippen molar-refractivity contribution in [1.29, 1.82) is 0 Å². The van der Waals surface area contributed by atoms with E-state index in [1.165, 1.54) is 5.56 Å². The monoisotopic (exact) mass is 254 g/mol.